The number of nitrogens with zero attached hydrogens (tertiary/aromatic N) is 1. The van der Waals surface area contributed by atoms with Crippen LogP contribution in [0.5, 0.6) is 0 Å². The lowest BCUT2D eigenvalue weighted by Crippen LogP contribution is -2.19. The monoisotopic (exact) mass is 298 g/mol. The topological polar surface area (TPSA) is 24.9 Å². The number of aromatic nitrogens is 1. The fraction of sp³-hybridized carbons (Fsp3) is 0.267. The Labute approximate surface area is 119 Å². The standard InChI is InChI=1S/C15H14F4N2/c1-10(14-4-2-3-7-20-14)21-9-11-5-6-13(16)12(8-11)15(17,18)19/h2-8,10,21H,9H2,1H3/t10-/m1/s1. The van der Waals surface area contributed by atoms with Gasteiger partial charge in [0.2, 0.25) is 0 Å². The van der Waals surface area contributed by atoms with E-state index in [2.05, 4.69) is 10.3 Å². The van der Waals surface area contributed by atoms with Crippen molar-refractivity contribution in [2.24, 2.45) is 0 Å². The lowest BCUT2D eigenvalue weighted by Gasteiger charge is -2.14. The van der Waals surface area contributed by atoms with Crippen LogP contribution in [0.4, 0.5) is 17.6 Å². The summed E-state index contributed by atoms with van der Waals surface area (Å²) in [7, 11) is 0. The molecule has 0 unspecified atom stereocenters. The second-order valence-electron chi connectivity index (χ2n) is 4.67. The average Bonchev–Trinajstić information content (AvgIpc) is 2.45. The lowest BCUT2D eigenvalue weighted by molar-refractivity contribution is -0.140. The van der Waals surface area contributed by atoms with E-state index in [4.69, 9.17) is 0 Å². The van der Waals surface area contributed by atoms with Crippen molar-refractivity contribution in [2.75, 3.05) is 0 Å². The molecule has 21 heavy (non-hydrogen) atoms. The number of benzene rings is 1. The van der Waals surface area contributed by atoms with E-state index in [1.165, 1.54) is 6.07 Å². The van der Waals surface area contributed by atoms with Gasteiger partial charge in [-0.25, -0.2) is 4.39 Å². The summed E-state index contributed by atoms with van der Waals surface area (Å²) >= 11 is 0. The number of nitrogens with one attached hydrogen (secondary N) is 1. The van der Waals surface area contributed by atoms with Crippen molar-refractivity contribution >= 4 is 0 Å². The fourth-order valence-corrected chi connectivity index (χ4v) is 1.91. The van der Waals surface area contributed by atoms with E-state index in [0.29, 0.717) is 5.56 Å². The minimum Gasteiger partial charge on any atom is -0.305 e. The molecular formula is C15H14F4N2. The van der Waals surface area contributed by atoms with E-state index in [1.807, 2.05) is 19.1 Å². The lowest BCUT2D eigenvalue weighted by atomic mass is 10.1. The van der Waals surface area contributed by atoms with Crippen LogP contribution in [-0.4, -0.2) is 4.98 Å². The van der Waals surface area contributed by atoms with Crippen molar-refractivity contribution < 1.29 is 17.6 Å². The molecule has 2 nitrogen and oxygen atoms in total. The minimum absolute atomic E-state index is 0.120. The molecule has 0 spiro atoms. The van der Waals surface area contributed by atoms with Crippen LogP contribution in [-0.2, 0) is 12.7 Å². The predicted octanol–water partition coefficient (Wildman–Crippen LogP) is 4.09. The Morgan fingerprint density at radius 3 is 2.57 bits per heavy atom. The third kappa shape index (κ3) is 4.01. The number of hydrogen-bond donors (Lipinski definition) is 1. The fourth-order valence-electron chi connectivity index (χ4n) is 1.91. The molecule has 0 fully saturated rings. The van der Waals surface area contributed by atoms with Gasteiger partial charge >= 0.3 is 6.18 Å². The molecule has 0 aliphatic rings. The van der Waals surface area contributed by atoms with Crippen LogP contribution < -0.4 is 5.32 Å². The first kappa shape index (κ1) is 15.4. The summed E-state index contributed by atoms with van der Waals surface area (Å²) in [4.78, 5) is 4.16. The summed E-state index contributed by atoms with van der Waals surface area (Å²) in [5.41, 5.74) is -0.0885. The van der Waals surface area contributed by atoms with Crippen LogP contribution in [0, 0.1) is 5.82 Å². The molecule has 0 saturated carbocycles. The second kappa shape index (κ2) is 6.22. The molecule has 112 valence electrons. The highest BCUT2D eigenvalue weighted by atomic mass is 19.4. The Hall–Kier alpha value is -1.95. The molecule has 0 saturated heterocycles. The van der Waals surface area contributed by atoms with Gasteiger partial charge in [-0.2, -0.15) is 13.2 Å². The normalized spacial score (nSPS) is 13.2. The van der Waals surface area contributed by atoms with Gasteiger partial charge in [-0.3, -0.25) is 4.98 Å². The predicted molar refractivity (Wildman–Crippen MR) is 70.9 cm³/mol. The molecule has 1 aromatic heterocycles. The van der Waals surface area contributed by atoms with Gasteiger partial charge in [0, 0.05) is 18.8 Å². The maximum Gasteiger partial charge on any atom is 0.419 e. The van der Waals surface area contributed by atoms with Crippen LogP contribution in [0.3, 0.4) is 0 Å². The molecule has 1 atom stereocenters. The highest BCUT2D eigenvalue weighted by Crippen LogP contribution is 2.31. The third-order valence-electron chi connectivity index (χ3n) is 3.08. The Balaban J connectivity index is 2.07. The van der Waals surface area contributed by atoms with E-state index >= 15 is 0 Å². The molecule has 1 N–H and O–H groups in total. The zero-order valence-electron chi connectivity index (χ0n) is 11.3. The smallest absolute Gasteiger partial charge is 0.305 e. The summed E-state index contributed by atoms with van der Waals surface area (Å²) < 4.78 is 51.0. The van der Waals surface area contributed by atoms with Gasteiger partial charge in [-0.1, -0.05) is 12.1 Å². The average molecular weight is 298 g/mol. The van der Waals surface area contributed by atoms with Gasteiger partial charge in [-0.05, 0) is 36.8 Å². The number of halogens is 4. The van der Waals surface area contributed by atoms with Crippen LogP contribution in [0.15, 0.2) is 42.6 Å². The molecule has 0 amide bonds. The minimum atomic E-state index is -4.69. The van der Waals surface area contributed by atoms with Crippen molar-refractivity contribution in [2.45, 2.75) is 25.7 Å². The number of rotatable bonds is 4. The number of hydrogen-bond acceptors (Lipinski definition) is 2. The van der Waals surface area contributed by atoms with Crippen LogP contribution in [0.25, 0.3) is 0 Å². The summed E-state index contributed by atoms with van der Waals surface area (Å²) in [5.74, 6) is -1.26. The van der Waals surface area contributed by atoms with E-state index in [9.17, 15) is 17.6 Å². The maximum atomic E-state index is 13.2. The van der Waals surface area contributed by atoms with E-state index < -0.39 is 17.6 Å². The highest BCUT2D eigenvalue weighted by molar-refractivity contribution is 5.27. The second-order valence-corrected chi connectivity index (χ2v) is 4.67. The van der Waals surface area contributed by atoms with Crippen molar-refractivity contribution in [1.29, 1.82) is 0 Å². The van der Waals surface area contributed by atoms with Crippen molar-refractivity contribution in [3.63, 3.8) is 0 Å². The van der Waals surface area contributed by atoms with Crippen molar-refractivity contribution in [3.8, 4) is 0 Å². The van der Waals surface area contributed by atoms with Crippen LogP contribution in [0.1, 0.15) is 29.8 Å². The Bertz CT molecular complexity index is 596. The third-order valence-corrected chi connectivity index (χ3v) is 3.08. The van der Waals surface area contributed by atoms with Gasteiger partial charge in [0.1, 0.15) is 5.82 Å². The summed E-state index contributed by atoms with van der Waals surface area (Å²) in [6.07, 6.45) is -3.04. The summed E-state index contributed by atoms with van der Waals surface area (Å²) in [6, 6.07) is 8.32. The SMILES string of the molecule is C[C@@H](NCc1ccc(F)c(C(F)(F)F)c1)c1ccccn1. The zero-order valence-corrected chi connectivity index (χ0v) is 11.3. The van der Waals surface area contributed by atoms with Crippen molar-refractivity contribution in [3.05, 3.63) is 65.2 Å². The zero-order chi connectivity index (χ0) is 15.5. The van der Waals surface area contributed by atoms with Crippen LogP contribution >= 0.6 is 0 Å². The Kier molecular flexibility index (Phi) is 4.57. The molecule has 2 rings (SSSR count). The van der Waals surface area contributed by atoms with Gasteiger partial charge in [-0.15, -0.1) is 0 Å². The highest BCUT2D eigenvalue weighted by Gasteiger charge is 2.34. The van der Waals surface area contributed by atoms with Gasteiger partial charge in [0.05, 0.1) is 11.3 Å². The summed E-state index contributed by atoms with van der Waals surface area (Å²) in [6.45, 7) is 2.05. The van der Waals surface area contributed by atoms with E-state index in [-0.39, 0.29) is 12.6 Å². The molecule has 1 heterocycles. The molecular weight excluding hydrogens is 284 g/mol. The first-order chi connectivity index (χ1) is 9.88. The maximum absolute atomic E-state index is 13.2. The Morgan fingerprint density at radius 1 is 1.19 bits per heavy atom. The first-order valence-corrected chi connectivity index (χ1v) is 6.38. The molecule has 2 aromatic rings. The molecule has 6 heteroatoms. The van der Waals surface area contributed by atoms with E-state index in [0.717, 1.165) is 17.8 Å². The van der Waals surface area contributed by atoms with Gasteiger partial charge in [0.25, 0.3) is 0 Å². The molecule has 1 aromatic carbocycles. The first-order valence-electron chi connectivity index (χ1n) is 6.38. The largest absolute Gasteiger partial charge is 0.419 e. The van der Waals surface area contributed by atoms with Gasteiger partial charge < -0.3 is 5.32 Å². The number of pyridine rings is 1. The Morgan fingerprint density at radius 2 is 1.95 bits per heavy atom. The van der Waals surface area contributed by atoms with Crippen LogP contribution in [0.2, 0.25) is 0 Å². The van der Waals surface area contributed by atoms with Gasteiger partial charge in [0.15, 0.2) is 0 Å². The summed E-state index contributed by atoms with van der Waals surface area (Å²) in [5, 5.41) is 3.06. The van der Waals surface area contributed by atoms with Crippen molar-refractivity contribution in [1.82, 2.24) is 10.3 Å². The molecule has 0 aliphatic carbocycles. The molecule has 0 bridgehead atoms. The quantitative estimate of drug-likeness (QED) is 0.860. The molecule has 0 aliphatic heterocycles. The van der Waals surface area contributed by atoms with E-state index in [1.54, 1.807) is 12.3 Å². The number of alkyl halides is 3. The molecule has 0 radical (unpaired) electrons.